The van der Waals surface area contributed by atoms with E-state index < -0.39 is 6.17 Å². The highest BCUT2D eigenvalue weighted by Gasteiger charge is 2.19. The van der Waals surface area contributed by atoms with E-state index in [0.717, 1.165) is 19.3 Å². The number of alkyl halides is 1. The largest absolute Gasteiger partial charge is 0.325 e. The van der Waals surface area contributed by atoms with E-state index in [1.165, 1.54) is 0 Å². The van der Waals surface area contributed by atoms with Gasteiger partial charge < -0.3 is 5.73 Å². The fourth-order valence-corrected chi connectivity index (χ4v) is 1.11. The zero-order valence-corrected chi connectivity index (χ0v) is 7.06. The zero-order chi connectivity index (χ0) is 5.98. The molecular formula is C6H13BrFN. The van der Waals surface area contributed by atoms with E-state index in [2.05, 4.69) is 0 Å². The Morgan fingerprint density at radius 2 is 1.78 bits per heavy atom. The molecule has 0 spiro atoms. The molecule has 1 aliphatic rings. The minimum absolute atomic E-state index is 0. The summed E-state index contributed by atoms with van der Waals surface area (Å²) >= 11 is 0. The van der Waals surface area contributed by atoms with Crippen LogP contribution in [0.2, 0.25) is 0 Å². The summed E-state index contributed by atoms with van der Waals surface area (Å²) in [5, 5.41) is 0. The van der Waals surface area contributed by atoms with Gasteiger partial charge in [-0.15, -0.1) is 17.0 Å². The molecule has 0 amide bonds. The van der Waals surface area contributed by atoms with Gasteiger partial charge in [0, 0.05) is 6.04 Å². The second kappa shape index (κ2) is 4.23. The highest BCUT2D eigenvalue weighted by atomic mass is 79.9. The first-order chi connectivity index (χ1) is 3.80. The van der Waals surface area contributed by atoms with Crippen LogP contribution in [-0.4, -0.2) is 12.2 Å². The standard InChI is InChI=1S/C6H12FN.BrH/c7-5-3-1-2-4-6(5)8;/h5-6H,1-4,8H2;1H/t5-,6-;/m1./s1. The van der Waals surface area contributed by atoms with Gasteiger partial charge in [0.25, 0.3) is 0 Å². The van der Waals surface area contributed by atoms with Gasteiger partial charge in [0.1, 0.15) is 6.17 Å². The zero-order valence-electron chi connectivity index (χ0n) is 5.35. The fourth-order valence-electron chi connectivity index (χ4n) is 1.11. The second-order valence-corrected chi connectivity index (χ2v) is 2.46. The Hall–Kier alpha value is 0.370. The van der Waals surface area contributed by atoms with Gasteiger partial charge in [0.2, 0.25) is 0 Å². The molecule has 0 bridgehead atoms. The number of hydrogen-bond acceptors (Lipinski definition) is 1. The topological polar surface area (TPSA) is 26.0 Å². The van der Waals surface area contributed by atoms with Gasteiger partial charge in [0.05, 0.1) is 0 Å². The molecule has 1 rings (SSSR count). The molecule has 9 heavy (non-hydrogen) atoms. The molecule has 3 heteroatoms. The summed E-state index contributed by atoms with van der Waals surface area (Å²) in [6, 6.07) is -0.163. The van der Waals surface area contributed by atoms with Crippen LogP contribution >= 0.6 is 17.0 Å². The van der Waals surface area contributed by atoms with Crippen LogP contribution in [0.1, 0.15) is 25.7 Å². The molecule has 2 N–H and O–H groups in total. The van der Waals surface area contributed by atoms with Crippen molar-refractivity contribution in [3.8, 4) is 0 Å². The summed E-state index contributed by atoms with van der Waals surface area (Å²) in [6.07, 6.45) is 2.97. The monoisotopic (exact) mass is 197 g/mol. The van der Waals surface area contributed by atoms with Gasteiger partial charge in [-0.3, -0.25) is 0 Å². The van der Waals surface area contributed by atoms with Crippen LogP contribution in [0.3, 0.4) is 0 Å². The van der Waals surface area contributed by atoms with E-state index in [1.54, 1.807) is 0 Å². The van der Waals surface area contributed by atoms with E-state index in [0.29, 0.717) is 6.42 Å². The molecule has 0 unspecified atom stereocenters. The molecule has 0 aromatic heterocycles. The maximum atomic E-state index is 12.5. The lowest BCUT2D eigenvalue weighted by molar-refractivity contribution is 0.218. The van der Waals surface area contributed by atoms with Crippen LogP contribution in [0.4, 0.5) is 4.39 Å². The highest BCUT2D eigenvalue weighted by Crippen LogP contribution is 2.18. The summed E-state index contributed by atoms with van der Waals surface area (Å²) < 4.78 is 12.5. The molecule has 0 saturated heterocycles. The van der Waals surface area contributed by atoms with E-state index in [9.17, 15) is 4.39 Å². The second-order valence-electron chi connectivity index (χ2n) is 2.46. The lowest BCUT2D eigenvalue weighted by atomic mass is 9.95. The Kier molecular flexibility index (Phi) is 4.40. The Morgan fingerprint density at radius 3 is 2.11 bits per heavy atom. The molecule has 1 aliphatic carbocycles. The third-order valence-corrected chi connectivity index (χ3v) is 1.73. The smallest absolute Gasteiger partial charge is 0.115 e. The van der Waals surface area contributed by atoms with Crippen LogP contribution in [0.25, 0.3) is 0 Å². The first-order valence-corrected chi connectivity index (χ1v) is 3.20. The van der Waals surface area contributed by atoms with Crippen LogP contribution in [-0.2, 0) is 0 Å². The number of nitrogens with two attached hydrogens (primary N) is 1. The third-order valence-electron chi connectivity index (χ3n) is 1.73. The van der Waals surface area contributed by atoms with Crippen LogP contribution in [0.15, 0.2) is 0 Å². The van der Waals surface area contributed by atoms with Gasteiger partial charge in [-0.2, -0.15) is 0 Å². The summed E-state index contributed by atoms with van der Waals surface area (Å²) in [6.45, 7) is 0. The first kappa shape index (κ1) is 9.37. The minimum atomic E-state index is -0.719. The number of hydrogen-bond donors (Lipinski definition) is 1. The van der Waals surface area contributed by atoms with Gasteiger partial charge >= 0.3 is 0 Å². The lowest BCUT2D eigenvalue weighted by Gasteiger charge is -2.21. The summed E-state index contributed by atoms with van der Waals surface area (Å²) in [5.41, 5.74) is 5.40. The predicted molar refractivity (Wildman–Crippen MR) is 41.7 cm³/mol. The molecule has 1 fully saturated rings. The average Bonchev–Trinajstić information content (AvgIpc) is 1.77. The molecule has 1 saturated carbocycles. The summed E-state index contributed by atoms with van der Waals surface area (Å²) in [4.78, 5) is 0. The van der Waals surface area contributed by atoms with Gasteiger partial charge in [0.15, 0.2) is 0 Å². The van der Waals surface area contributed by atoms with E-state index >= 15 is 0 Å². The summed E-state index contributed by atoms with van der Waals surface area (Å²) in [7, 11) is 0. The van der Waals surface area contributed by atoms with Crippen molar-refractivity contribution >= 4 is 17.0 Å². The quantitative estimate of drug-likeness (QED) is 0.631. The molecule has 0 heterocycles. The molecule has 0 aromatic rings. The summed E-state index contributed by atoms with van der Waals surface area (Å²) in [5.74, 6) is 0. The molecule has 0 aliphatic heterocycles. The van der Waals surface area contributed by atoms with E-state index in [-0.39, 0.29) is 23.0 Å². The lowest BCUT2D eigenvalue weighted by Crippen LogP contribution is -2.34. The molecule has 0 radical (unpaired) electrons. The number of halogens is 2. The Labute approximate surface area is 65.6 Å². The fraction of sp³-hybridized carbons (Fsp3) is 1.00. The Balaban J connectivity index is 0.000000640. The van der Waals surface area contributed by atoms with Crippen molar-refractivity contribution in [1.29, 1.82) is 0 Å². The third kappa shape index (κ3) is 2.63. The van der Waals surface area contributed by atoms with E-state index in [4.69, 9.17) is 5.73 Å². The van der Waals surface area contributed by atoms with Gasteiger partial charge in [-0.25, -0.2) is 4.39 Å². The molecule has 2 atom stereocenters. The Morgan fingerprint density at radius 1 is 1.22 bits per heavy atom. The molecule has 1 nitrogen and oxygen atoms in total. The van der Waals surface area contributed by atoms with Crippen LogP contribution < -0.4 is 5.73 Å². The van der Waals surface area contributed by atoms with Crippen molar-refractivity contribution in [3.63, 3.8) is 0 Å². The highest BCUT2D eigenvalue weighted by molar-refractivity contribution is 8.93. The van der Waals surface area contributed by atoms with Crippen molar-refractivity contribution in [3.05, 3.63) is 0 Å². The Bertz CT molecular complexity index is 69.5. The van der Waals surface area contributed by atoms with Crippen molar-refractivity contribution in [2.24, 2.45) is 5.73 Å². The van der Waals surface area contributed by atoms with Crippen molar-refractivity contribution in [2.45, 2.75) is 37.9 Å². The van der Waals surface area contributed by atoms with Gasteiger partial charge in [-0.1, -0.05) is 12.8 Å². The van der Waals surface area contributed by atoms with E-state index in [1.807, 2.05) is 0 Å². The van der Waals surface area contributed by atoms with Gasteiger partial charge in [-0.05, 0) is 12.8 Å². The SMILES string of the molecule is Br.N[C@@H]1CCCC[C@H]1F. The minimum Gasteiger partial charge on any atom is -0.325 e. The average molecular weight is 198 g/mol. The maximum absolute atomic E-state index is 12.5. The maximum Gasteiger partial charge on any atom is 0.115 e. The predicted octanol–water partition coefficient (Wildman–Crippen LogP) is 1.80. The van der Waals surface area contributed by atoms with Crippen molar-refractivity contribution in [1.82, 2.24) is 0 Å². The first-order valence-electron chi connectivity index (χ1n) is 3.20. The molecule has 56 valence electrons. The molecule has 0 aromatic carbocycles. The molecular weight excluding hydrogens is 185 g/mol. The van der Waals surface area contributed by atoms with Crippen molar-refractivity contribution < 1.29 is 4.39 Å². The van der Waals surface area contributed by atoms with Crippen LogP contribution in [0.5, 0.6) is 0 Å². The normalized spacial score (nSPS) is 35.3. The van der Waals surface area contributed by atoms with Crippen LogP contribution in [0, 0.1) is 0 Å². The van der Waals surface area contributed by atoms with Crippen molar-refractivity contribution in [2.75, 3.05) is 0 Å². The number of rotatable bonds is 0.